The van der Waals surface area contributed by atoms with Crippen LogP contribution >= 0.6 is 0 Å². The molecule has 6 nitrogen and oxygen atoms in total. The van der Waals surface area contributed by atoms with E-state index >= 15 is 0 Å². The van der Waals surface area contributed by atoms with Crippen LogP contribution in [0.5, 0.6) is 5.75 Å². The zero-order chi connectivity index (χ0) is 25.2. The Morgan fingerprint density at radius 2 is 1.80 bits per heavy atom. The number of aryl methyl sites for hydroxylation is 1. The number of hydrogen-bond acceptors (Lipinski definition) is 5. The Kier molecular flexibility index (Phi) is 6.98. The summed E-state index contributed by atoms with van der Waals surface area (Å²) < 4.78 is 40.6. The molecule has 2 aromatic carbocycles. The number of nitrogens with one attached hydrogen (secondary N) is 2. The van der Waals surface area contributed by atoms with Gasteiger partial charge in [-0.2, -0.15) is 0 Å². The zero-order valence-electron chi connectivity index (χ0n) is 19.7. The molecule has 0 bridgehead atoms. The number of carbonyl (C=O) groups is 1. The van der Waals surface area contributed by atoms with Crippen molar-refractivity contribution in [3.63, 3.8) is 0 Å². The van der Waals surface area contributed by atoms with Gasteiger partial charge in [-0.15, -0.1) is 13.2 Å². The monoisotopic (exact) mass is 484 g/mol. The lowest BCUT2D eigenvalue weighted by molar-refractivity contribution is -0.274. The lowest BCUT2D eigenvalue weighted by Crippen LogP contribution is -2.54. The van der Waals surface area contributed by atoms with Crippen LogP contribution in [0, 0.1) is 6.92 Å². The smallest absolute Gasteiger partial charge is 0.406 e. The molecule has 1 aliphatic rings. The first-order valence-corrected chi connectivity index (χ1v) is 11.3. The van der Waals surface area contributed by atoms with E-state index in [0.29, 0.717) is 23.3 Å². The molecule has 2 heterocycles. The van der Waals surface area contributed by atoms with Gasteiger partial charge < -0.3 is 20.3 Å². The molecule has 0 radical (unpaired) electrons. The Balaban J connectivity index is 1.43. The third-order valence-electron chi connectivity index (χ3n) is 5.69. The van der Waals surface area contributed by atoms with E-state index in [4.69, 9.17) is 4.98 Å². The highest BCUT2D eigenvalue weighted by Crippen LogP contribution is 2.27. The molecule has 3 aromatic rings. The van der Waals surface area contributed by atoms with Crippen molar-refractivity contribution in [3.8, 4) is 5.75 Å². The summed E-state index contributed by atoms with van der Waals surface area (Å²) in [6.07, 6.45) is -1.90. The number of ether oxygens (including phenoxy) is 1. The molecule has 9 heteroatoms. The number of nitrogens with zero attached hydrogens (tertiary/aromatic N) is 2. The third kappa shape index (κ3) is 6.51. The molecule has 0 spiro atoms. The summed E-state index contributed by atoms with van der Waals surface area (Å²) >= 11 is 0. The van der Waals surface area contributed by atoms with Gasteiger partial charge in [0.1, 0.15) is 11.6 Å². The Morgan fingerprint density at radius 3 is 2.46 bits per heavy atom. The Labute approximate surface area is 201 Å². The van der Waals surface area contributed by atoms with Crippen molar-refractivity contribution in [2.24, 2.45) is 0 Å². The van der Waals surface area contributed by atoms with Crippen molar-refractivity contribution in [2.75, 3.05) is 23.3 Å². The molecular weight excluding hydrogens is 457 g/mol. The molecule has 0 saturated carbocycles. The summed E-state index contributed by atoms with van der Waals surface area (Å²) in [7, 11) is 0. The number of anilines is 2. The van der Waals surface area contributed by atoms with Crippen LogP contribution < -0.4 is 20.3 Å². The number of fused-ring (bicyclic) bond motifs is 1. The molecule has 1 aromatic heterocycles. The standard InChI is InChI=1S/C26H27F3N4O2/c1-16-12-24(33-14-17(2)30-18(3)15-33)32-23-10-7-20(13-22(16)23)31-25(34)11-6-19-4-8-21(9-5-19)35-26(27,28)29/h4-13,17-18,30H,14-15H2,1-3H3,(H,31,34)/t17-,18+. The molecule has 1 fully saturated rings. The normalized spacial score (nSPS) is 18.7. The molecule has 0 aliphatic carbocycles. The van der Waals surface area contributed by atoms with Gasteiger partial charge in [0.25, 0.3) is 0 Å². The number of alkyl halides is 3. The third-order valence-corrected chi connectivity index (χ3v) is 5.69. The minimum absolute atomic E-state index is 0.316. The van der Waals surface area contributed by atoms with Gasteiger partial charge in [-0.1, -0.05) is 12.1 Å². The number of rotatable bonds is 5. The molecule has 1 saturated heterocycles. The predicted molar refractivity (Wildman–Crippen MR) is 132 cm³/mol. The number of hydrogen-bond donors (Lipinski definition) is 2. The summed E-state index contributed by atoms with van der Waals surface area (Å²) in [6, 6.07) is 13.7. The minimum Gasteiger partial charge on any atom is -0.406 e. The largest absolute Gasteiger partial charge is 0.573 e. The van der Waals surface area contributed by atoms with E-state index in [1.807, 2.05) is 19.1 Å². The summed E-state index contributed by atoms with van der Waals surface area (Å²) in [5.74, 6) is 0.274. The number of aromatic nitrogens is 1. The molecule has 0 unspecified atom stereocenters. The number of carbonyl (C=O) groups excluding carboxylic acids is 1. The lowest BCUT2D eigenvalue weighted by Gasteiger charge is -2.37. The minimum atomic E-state index is -4.74. The highest BCUT2D eigenvalue weighted by molar-refractivity contribution is 6.03. The Bertz CT molecular complexity index is 1230. The lowest BCUT2D eigenvalue weighted by atomic mass is 10.1. The van der Waals surface area contributed by atoms with Crippen LogP contribution in [0.4, 0.5) is 24.7 Å². The molecule has 4 rings (SSSR count). The number of amides is 1. The van der Waals surface area contributed by atoms with Gasteiger partial charge in [-0.25, -0.2) is 4.98 Å². The van der Waals surface area contributed by atoms with E-state index in [9.17, 15) is 18.0 Å². The van der Waals surface area contributed by atoms with Gasteiger partial charge in [0, 0.05) is 42.3 Å². The fraction of sp³-hybridized carbons (Fsp3) is 0.308. The van der Waals surface area contributed by atoms with Crippen LogP contribution in [0.25, 0.3) is 17.0 Å². The molecule has 2 atom stereocenters. The highest BCUT2D eigenvalue weighted by atomic mass is 19.4. The maximum absolute atomic E-state index is 12.4. The van der Waals surface area contributed by atoms with Crippen LogP contribution in [0.15, 0.2) is 54.6 Å². The average Bonchev–Trinajstić information content (AvgIpc) is 2.77. The fourth-order valence-corrected chi connectivity index (χ4v) is 4.27. The summed E-state index contributed by atoms with van der Waals surface area (Å²) in [6.45, 7) is 8.14. The second kappa shape index (κ2) is 9.95. The topological polar surface area (TPSA) is 66.5 Å². The van der Waals surface area contributed by atoms with Gasteiger partial charge in [-0.05, 0) is 74.4 Å². The number of pyridine rings is 1. The highest BCUT2D eigenvalue weighted by Gasteiger charge is 2.30. The van der Waals surface area contributed by atoms with Crippen LogP contribution in [0.2, 0.25) is 0 Å². The van der Waals surface area contributed by atoms with Gasteiger partial charge >= 0.3 is 6.36 Å². The quantitative estimate of drug-likeness (QED) is 0.483. The maximum atomic E-state index is 12.4. The van der Waals surface area contributed by atoms with E-state index in [0.717, 1.165) is 35.4 Å². The Hall–Kier alpha value is -3.59. The first kappa shape index (κ1) is 24.5. The molecular formula is C26H27F3N4O2. The SMILES string of the molecule is Cc1cc(N2C[C@@H](C)N[C@@H](C)C2)nc2ccc(NC(=O)C=Cc3ccc(OC(F)(F)F)cc3)cc12. The van der Waals surface area contributed by atoms with Crippen molar-refractivity contribution in [1.29, 1.82) is 0 Å². The number of benzene rings is 2. The van der Waals surface area contributed by atoms with Gasteiger partial charge in [0.2, 0.25) is 5.91 Å². The summed E-state index contributed by atoms with van der Waals surface area (Å²) in [5, 5.41) is 7.29. The maximum Gasteiger partial charge on any atom is 0.573 e. The molecule has 1 aliphatic heterocycles. The zero-order valence-corrected chi connectivity index (χ0v) is 19.7. The van der Waals surface area contributed by atoms with Crippen LogP contribution in [0.3, 0.4) is 0 Å². The van der Waals surface area contributed by atoms with E-state index in [1.165, 1.54) is 36.4 Å². The summed E-state index contributed by atoms with van der Waals surface area (Å²) in [5.41, 5.74) is 3.12. The van der Waals surface area contributed by atoms with E-state index < -0.39 is 6.36 Å². The van der Waals surface area contributed by atoms with E-state index in [-0.39, 0.29) is 11.7 Å². The van der Waals surface area contributed by atoms with Crippen molar-refractivity contribution in [1.82, 2.24) is 10.3 Å². The second-order valence-electron chi connectivity index (χ2n) is 8.84. The molecule has 1 amide bonds. The van der Waals surface area contributed by atoms with E-state index in [2.05, 4.69) is 40.2 Å². The van der Waals surface area contributed by atoms with Gasteiger partial charge in [0.15, 0.2) is 0 Å². The van der Waals surface area contributed by atoms with Crippen molar-refractivity contribution >= 4 is 34.4 Å². The Morgan fingerprint density at radius 1 is 1.11 bits per heavy atom. The summed E-state index contributed by atoms with van der Waals surface area (Å²) in [4.78, 5) is 19.5. The van der Waals surface area contributed by atoms with Crippen LogP contribution in [-0.2, 0) is 4.79 Å². The molecule has 2 N–H and O–H groups in total. The fourth-order valence-electron chi connectivity index (χ4n) is 4.27. The van der Waals surface area contributed by atoms with Crippen LogP contribution in [-0.4, -0.2) is 42.4 Å². The van der Waals surface area contributed by atoms with Crippen molar-refractivity contribution in [3.05, 3.63) is 65.7 Å². The van der Waals surface area contributed by atoms with Crippen molar-refractivity contribution in [2.45, 2.75) is 39.2 Å². The molecule has 184 valence electrons. The van der Waals surface area contributed by atoms with E-state index in [1.54, 1.807) is 6.07 Å². The second-order valence-corrected chi connectivity index (χ2v) is 8.84. The average molecular weight is 485 g/mol. The predicted octanol–water partition coefficient (Wildman–Crippen LogP) is 5.28. The van der Waals surface area contributed by atoms with Crippen LogP contribution in [0.1, 0.15) is 25.0 Å². The number of halogens is 3. The van der Waals surface area contributed by atoms with Crippen molar-refractivity contribution < 1.29 is 22.7 Å². The van der Waals surface area contributed by atoms with Gasteiger partial charge in [-0.3, -0.25) is 4.79 Å². The molecule has 35 heavy (non-hydrogen) atoms. The first-order valence-electron chi connectivity index (χ1n) is 11.3. The van der Waals surface area contributed by atoms with Gasteiger partial charge in [0.05, 0.1) is 5.52 Å². The first-order chi connectivity index (χ1) is 16.6. The number of piperazine rings is 1.